The SMILES string of the molecule is CCOc1ccc(CNCCOC)nc1. The molecule has 84 valence electrons. The maximum Gasteiger partial charge on any atom is 0.137 e. The summed E-state index contributed by atoms with van der Waals surface area (Å²) in [5.74, 6) is 0.818. The molecule has 4 heteroatoms. The molecule has 1 aromatic heterocycles. The summed E-state index contributed by atoms with van der Waals surface area (Å²) in [5.41, 5.74) is 1.01. The lowest BCUT2D eigenvalue weighted by Gasteiger charge is -2.05. The highest BCUT2D eigenvalue weighted by atomic mass is 16.5. The van der Waals surface area contributed by atoms with E-state index in [-0.39, 0.29) is 0 Å². The number of ether oxygens (including phenoxy) is 2. The fraction of sp³-hybridized carbons (Fsp3) is 0.545. The Morgan fingerprint density at radius 1 is 1.40 bits per heavy atom. The maximum absolute atomic E-state index is 5.30. The van der Waals surface area contributed by atoms with Crippen LogP contribution in [0.15, 0.2) is 18.3 Å². The topological polar surface area (TPSA) is 43.4 Å². The number of methoxy groups -OCH3 is 1. The predicted octanol–water partition coefficient (Wildman–Crippen LogP) is 1.22. The summed E-state index contributed by atoms with van der Waals surface area (Å²) in [6.45, 7) is 4.95. The zero-order chi connectivity index (χ0) is 10.9. The first kappa shape index (κ1) is 11.9. The summed E-state index contributed by atoms with van der Waals surface area (Å²) in [7, 11) is 1.69. The molecule has 0 saturated heterocycles. The summed E-state index contributed by atoms with van der Waals surface area (Å²) in [6, 6.07) is 3.90. The first-order valence-electron chi connectivity index (χ1n) is 5.14. The molecule has 0 aliphatic carbocycles. The largest absolute Gasteiger partial charge is 0.492 e. The van der Waals surface area contributed by atoms with Gasteiger partial charge in [-0.3, -0.25) is 4.98 Å². The van der Waals surface area contributed by atoms with E-state index in [1.807, 2.05) is 19.1 Å². The van der Waals surface area contributed by atoms with Crippen molar-refractivity contribution in [3.05, 3.63) is 24.0 Å². The molecule has 0 aromatic carbocycles. The van der Waals surface area contributed by atoms with E-state index in [0.717, 1.165) is 31.1 Å². The molecule has 1 rings (SSSR count). The third kappa shape index (κ3) is 4.76. The third-order valence-electron chi connectivity index (χ3n) is 1.90. The number of hydrogen-bond donors (Lipinski definition) is 1. The highest BCUT2D eigenvalue weighted by Crippen LogP contribution is 2.08. The number of pyridine rings is 1. The summed E-state index contributed by atoms with van der Waals surface area (Å²) in [5, 5.41) is 3.23. The van der Waals surface area contributed by atoms with Gasteiger partial charge in [-0.2, -0.15) is 0 Å². The minimum Gasteiger partial charge on any atom is -0.492 e. The van der Waals surface area contributed by atoms with E-state index in [1.54, 1.807) is 13.3 Å². The van der Waals surface area contributed by atoms with Gasteiger partial charge in [0, 0.05) is 20.2 Å². The minimum absolute atomic E-state index is 0.674. The molecule has 0 amide bonds. The molecular weight excluding hydrogens is 192 g/mol. The van der Waals surface area contributed by atoms with Gasteiger partial charge < -0.3 is 14.8 Å². The Labute approximate surface area is 90.6 Å². The number of nitrogens with zero attached hydrogens (tertiary/aromatic N) is 1. The quantitative estimate of drug-likeness (QED) is 0.687. The average molecular weight is 210 g/mol. The van der Waals surface area contributed by atoms with Crippen LogP contribution in [0.5, 0.6) is 5.75 Å². The highest BCUT2D eigenvalue weighted by Gasteiger charge is 1.95. The van der Waals surface area contributed by atoms with Crippen molar-refractivity contribution < 1.29 is 9.47 Å². The van der Waals surface area contributed by atoms with E-state index < -0.39 is 0 Å². The predicted molar refractivity (Wildman–Crippen MR) is 59.0 cm³/mol. The Bertz CT molecular complexity index is 262. The normalized spacial score (nSPS) is 10.3. The molecule has 0 spiro atoms. The zero-order valence-corrected chi connectivity index (χ0v) is 9.32. The van der Waals surface area contributed by atoms with Gasteiger partial charge in [-0.1, -0.05) is 0 Å². The minimum atomic E-state index is 0.674. The fourth-order valence-corrected chi connectivity index (χ4v) is 1.16. The van der Waals surface area contributed by atoms with Gasteiger partial charge in [0.2, 0.25) is 0 Å². The van der Waals surface area contributed by atoms with Crippen molar-refractivity contribution in [2.24, 2.45) is 0 Å². The second-order valence-corrected chi connectivity index (χ2v) is 3.09. The van der Waals surface area contributed by atoms with E-state index in [1.165, 1.54) is 0 Å². The van der Waals surface area contributed by atoms with E-state index in [9.17, 15) is 0 Å². The van der Waals surface area contributed by atoms with Crippen molar-refractivity contribution in [3.8, 4) is 5.75 Å². The second kappa shape index (κ2) is 7.20. The highest BCUT2D eigenvalue weighted by molar-refractivity contribution is 5.19. The molecule has 0 saturated carbocycles. The lowest BCUT2D eigenvalue weighted by atomic mass is 10.3. The Hall–Kier alpha value is -1.13. The van der Waals surface area contributed by atoms with Gasteiger partial charge in [0.05, 0.1) is 25.1 Å². The number of nitrogens with one attached hydrogen (secondary N) is 1. The van der Waals surface area contributed by atoms with Crippen LogP contribution in [0, 0.1) is 0 Å². The van der Waals surface area contributed by atoms with Crippen LogP contribution in [0.4, 0.5) is 0 Å². The fourth-order valence-electron chi connectivity index (χ4n) is 1.16. The van der Waals surface area contributed by atoms with E-state index >= 15 is 0 Å². The lowest BCUT2D eigenvalue weighted by molar-refractivity contribution is 0.199. The molecule has 1 N–H and O–H groups in total. The lowest BCUT2D eigenvalue weighted by Crippen LogP contribution is -2.19. The Morgan fingerprint density at radius 2 is 2.27 bits per heavy atom. The zero-order valence-electron chi connectivity index (χ0n) is 9.32. The van der Waals surface area contributed by atoms with Crippen LogP contribution in [0.2, 0.25) is 0 Å². The molecule has 0 unspecified atom stereocenters. The van der Waals surface area contributed by atoms with E-state index in [4.69, 9.17) is 9.47 Å². The van der Waals surface area contributed by atoms with Gasteiger partial charge in [-0.15, -0.1) is 0 Å². The van der Waals surface area contributed by atoms with Gasteiger partial charge in [-0.25, -0.2) is 0 Å². The first-order valence-corrected chi connectivity index (χ1v) is 5.14. The number of hydrogen-bond acceptors (Lipinski definition) is 4. The summed E-state index contributed by atoms with van der Waals surface area (Å²) >= 11 is 0. The van der Waals surface area contributed by atoms with Crippen molar-refractivity contribution in [2.75, 3.05) is 26.9 Å². The molecule has 4 nitrogen and oxygen atoms in total. The Balaban J connectivity index is 2.29. The van der Waals surface area contributed by atoms with Crippen LogP contribution in [0.1, 0.15) is 12.6 Å². The van der Waals surface area contributed by atoms with Crippen LogP contribution in [0.3, 0.4) is 0 Å². The van der Waals surface area contributed by atoms with Crippen molar-refractivity contribution in [2.45, 2.75) is 13.5 Å². The van der Waals surface area contributed by atoms with Gasteiger partial charge in [0.25, 0.3) is 0 Å². The summed E-state index contributed by atoms with van der Waals surface area (Å²) in [4.78, 5) is 4.27. The van der Waals surface area contributed by atoms with Gasteiger partial charge >= 0.3 is 0 Å². The monoisotopic (exact) mass is 210 g/mol. The smallest absolute Gasteiger partial charge is 0.137 e. The number of rotatable bonds is 7. The molecule has 0 radical (unpaired) electrons. The van der Waals surface area contributed by atoms with E-state index in [0.29, 0.717) is 6.61 Å². The standard InChI is InChI=1S/C11H18N2O2/c1-3-15-11-5-4-10(13-9-11)8-12-6-7-14-2/h4-5,9,12H,3,6-8H2,1-2H3. The van der Waals surface area contributed by atoms with E-state index in [2.05, 4.69) is 10.3 Å². The first-order chi connectivity index (χ1) is 7.36. The van der Waals surface area contributed by atoms with Crippen LogP contribution in [-0.4, -0.2) is 31.9 Å². The summed E-state index contributed by atoms with van der Waals surface area (Å²) < 4.78 is 10.2. The molecule has 0 aliphatic rings. The number of aromatic nitrogens is 1. The molecule has 0 bridgehead atoms. The third-order valence-corrected chi connectivity index (χ3v) is 1.90. The Morgan fingerprint density at radius 3 is 2.87 bits per heavy atom. The Kier molecular flexibility index (Phi) is 5.73. The molecule has 1 aromatic rings. The van der Waals surface area contributed by atoms with Gasteiger partial charge in [0.1, 0.15) is 5.75 Å². The maximum atomic E-state index is 5.30. The second-order valence-electron chi connectivity index (χ2n) is 3.09. The van der Waals surface area contributed by atoms with Crippen LogP contribution < -0.4 is 10.1 Å². The van der Waals surface area contributed by atoms with Crippen molar-refractivity contribution in [1.29, 1.82) is 0 Å². The molecule has 1 heterocycles. The molecule has 0 atom stereocenters. The molecule has 15 heavy (non-hydrogen) atoms. The van der Waals surface area contributed by atoms with Crippen LogP contribution in [0.25, 0.3) is 0 Å². The van der Waals surface area contributed by atoms with Crippen LogP contribution >= 0.6 is 0 Å². The van der Waals surface area contributed by atoms with Crippen molar-refractivity contribution >= 4 is 0 Å². The molecule has 0 aliphatic heterocycles. The van der Waals surface area contributed by atoms with Crippen molar-refractivity contribution in [1.82, 2.24) is 10.3 Å². The van der Waals surface area contributed by atoms with Gasteiger partial charge in [0.15, 0.2) is 0 Å². The van der Waals surface area contributed by atoms with Crippen molar-refractivity contribution in [3.63, 3.8) is 0 Å². The molecular formula is C11H18N2O2. The van der Waals surface area contributed by atoms with Crippen LogP contribution in [-0.2, 0) is 11.3 Å². The molecule has 0 fully saturated rings. The average Bonchev–Trinajstić information content (AvgIpc) is 2.27. The summed E-state index contributed by atoms with van der Waals surface area (Å²) in [6.07, 6.45) is 1.75. The van der Waals surface area contributed by atoms with Gasteiger partial charge in [-0.05, 0) is 19.1 Å².